The Labute approximate surface area is 159 Å². The molecule has 28 heavy (non-hydrogen) atoms. The Balaban J connectivity index is 1.78. The second-order valence-corrected chi connectivity index (χ2v) is 6.02. The Hall–Kier alpha value is -3.16. The molecule has 0 unspecified atom stereocenters. The summed E-state index contributed by atoms with van der Waals surface area (Å²) in [5, 5.41) is 4.31. The van der Waals surface area contributed by atoms with Gasteiger partial charge in [-0.1, -0.05) is 31.2 Å². The van der Waals surface area contributed by atoms with Gasteiger partial charge in [0.25, 0.3) is 0 Å². The van der Waals surface area contributed by atoms with Crippen molar-refractivity contribution in [1.29, 1.82) is 0 Å². The third kappa shape index (κ3) is 5.67. The predicted molar refractivity (Wildman–Crippen MR) is 97.3 cm³/mol. The number of rotatable bonds is 8. The van der Waals surface area contributed by atoms with Crippen LogP contribution < -0.4 is 10.6 Å². The van der Waals surface area contributed by atoms with Gasteiger partial charge < -0.3 is 10.6 Å². The first-order chi connectivity index (χ1) is 13.3. The molecule has 2 aromatic carbocycles. The molecule has 8 heteroatoms. The molecule has 0 saturated heterocycles. The van der Waals surface area contributed by atoms with Crippen LogP contribution in [0.4, 0.5) is 18.9 Å². The van der Waals surface area contributed by atoms with Crippen molar-refractivity contribution >= 4 is 23.3 Å². The molecule has 5 nitrogen and oxygen atoms in total. The topological polar surface area (TPSA) is 75.3 Å². The van der Waals surface area contributed by atoms with Crippen LogP contribution in [0.2, 0.25) is 0 Å². The molecule has 0 aromatic heterocycles. The van der Waals surface area contributed by atoms with E-state index in [0.29, 0.717) is 11.6 Å². The number of hydrogen-bond donors (Lipinski definition) is 2. The molecule has 0 spiro atoms. The molecular weight excluding hydrogens is 373 g/mol. The molecule has 0 aliphatic heterocycles. The lowest BCUT2D eigenvalue weighted by Gasteiger charge is -2.08. The molecule has 2 aromatic rings. The molecule has 0 bridgehead atoms. The number of amides is 2. The van der Waals surface area contributed by atoms with Crippen molar-refractivity contribution in [2.45, 2.75) is 26.2 Å². The highest BCUT2D eigenvalue weighted by Crippen LogP contribution is 2.19. The molecule has 0 saturated carbocycles. The molecule has 0 aliphatic carbocycles. The van der Waals surface area contributed by atoms with Crippen LogP contribution in [0.5, 0.6) is 0 Å². The molecule has 2 rings (SSSR count). The average Bonchev–Trinajstić information content (AvgIpc) is 2.71. The van der Waals surface area contributed by atoms with Gasteiger partial charge in [-0.2, -0.15) is 0 Å². The normalized spacial score (nSPS) is 10.4. The van der Waals surface area contributed by atoms with E-state index in [1.807, 2.05) is 24.4 Å². The minimum atomic E-state index is -1.70. The van der Waals surface area contributed by atoms with Crippen LogP contribution in [0, 0.1) is 17.5 Å². The summed E-state index contributed by atoms with van der Waals surface area (Å²) in [6.45, 7) is 1.49. The number of aryl methyl sites for hydroxylation is 1. The molecule has 0 aliphatic rings. The zero-order valence-electron chi connectivity index (χ0n) is 15.2. The highest BCUT2D eigenvalue weighted by atomic mass is 19.2. The van der Waals surface area contributed by atoms with Crippen molar-refractivity contribution in [3.63, 3.8) is 0 Å². The van der Waals surface area contributed by atoms with Crippen molar-refractivity contribution < 1.29 is 27.6 Å². The van der Waals surface area contributed by atoms with Gasteiger partial charge in [0, 0.05) is 18.4 Å². The number of carbonyl (C=O) groups is 3. The molecular formula is C20H19F3N2O3. The van der Waals surface area contributed by atoms with Gasteiger partial charge in [0.1, 0.15) is 0 Å². The van der Waals surface area contributed by atoms with Gasteiger partial charge in [-0.25, -0.2) is 13.2 Å². The van der Waals surface area contributed by atoms with E-state index in [2.05, 4.69) is 5.32 Å². The number of carbonyl (C=O) groups excluding carboxylic acids is 3. The molecule has 0 atom stereocenters. The fourth-order valence-electron chi connectivity index (χ4n) is 2.38. The maximum Gasteiger partial charge on any atom is 0.243 e. The minimum Gasteiger partial charge on any atom is -0.347 e. The summed E-state index contributed by atoms with van der Waals surface area (Å²) in [4.78, 5) is 35.5. The van der Waals surface area contributed by atoms with Crippen molar-refractivity contribution in [2.24, 2.45) is 0 Å². The van der Waals surface area contributed by atoms with Crippen molar-refractivity contribution in [3.8, 4) is 0 Å². The van der Waals surface area contributed by atoms with Gasteiger partial charge in [0.2, 0.25) is 11.8 Å². The first kappa shape index (κ1) is 21.1. The standard InChI is InChI=1S/C20H19F3N2O3/c1-2-12-3-5-13(6-4-12)16(26)9-10-17(27)24-11-18(28)25-15-8-7-14(21)19(22)20(15)23/h3-8H,2,9-11H2,1H3,(H,24,27)(H,25,28). The summed E-state index contributed by atoms with van der Waals surface area (Å²) in [7, 11) is 0. The van der Waals surface area contributed by atoms with Crippen molar-refractivity contribution in [3.05, 3.63) is 65.0 Å². The monoisotopic (exact) mass is 392 g/mol. The maximum atomic E-state index is 13.5. The van der Waals surface area contributed by atoms with Crippen LogP contribution in [-0.4, -0.2) is 24.1 Å². The summed E-state index contributed by atoms with van der Waals surface area (Å²) >= 11 is 0. The van der Waals surface area contributed by atoms with E-state index in [9.17, 15) is 27.6 Å². The summed E-state index contributed by atoms with van der Waals surface area (Å²) in [5.74, 6) is -6.17. The SMILES string of the molecule is CCc1ccc(C(=O)CCC(=O)NCC(=O)Nc2ccc(F)c(F)c2F)cc1. The third-order valence-electron chi connectivity index (χ3n) is 4.02. The zero-order valence-corrected chi connectivity index (χ0v) is 15.2. The summed E-state index contributed by atoms with van der Waals surface area (Å²) in [5.41, 5.74) is 1.05. The summed E-state index contributed by atoms with van der Waals surface area (Å²) < 4.78 is 39.4. The Morgan fingerprint density at radius 3 is 2.18 bits per heavy atom. The van der Waals surface area contributed by atoms with Gasteiger partial charge >= 0.3 is 0 Å². The van der Waals surface area contributed by atoms with Gasteiger partial charge in [0.05, 0.1) is 12.2 Å². The summed E-state index contributed by atoms with van der Waals surface area (Å²) in [6, 6.07) is 8.62. The Morgan fingerprint density at radius 2 is 1.54 bits per heavy atom. The van der Waals surface area contributed by atoms with Crippen LogP contribution in [0.15, 0.2) is 36.4 Å². The highest BCUT2D eigenvalue weighted by molar-refractivity contribution is 5.99. The molecule has 148 valence electrons. The van der Waals surface area contributed by atoms with Crippen LogP contribution >= 0.6 is 0 Å². The van der Waals surface area contributed by atoms with Gasteiger partial charge in [-0.15, -0.1) is 0 Å². The van der Waals surface area contributed by atoms with Crippen molar-refractivity contribution in [1.82, 2.24) is 5.32 Å². The molecule has 0 radical (unpaired) electrons. The first-order valence-electron chi connectivity index (χ1n) is 8.64. The highest BCUT2D eigenvalue weighted by Gasteiger charge is 2.16. The van der Waals surface area contributed by atoms with Crippen molar-refractivity contribution in [2.75, 3.05) is 11.9 Å². The smallest absolute Gasteiger partial charge is 0.243 e. The number of anilines is 1. The van der Waals surface area contributed by atoms with E-state index in [0.717, 1.165) is 18.1 Å². The van der Waals surface area contributed by atoms with E-state index < -0.39 is 41.5 Å². The number of hydrogen-bond acceptors (Lipinski definition) is 3. The predicted octanol–water partition coefficient (Wildman–Crippen LogP) is 3.38. The molecule has 0 fully saturated rings. The Bertz CT molecular complexity index is 883. The molecule has 0 heterocycles. The van der Waals surface area contributed by atoms with Crippen LogP contribution in [-0.2, 0) is 16.0 Å². The summed E-state index contributed by atoms with van der Waals surface area (Å²) in [6.07, 6.45) is 0.700. The van der Waals surface area contributed by atoms with Gasteiger partial charge in [0.15, 0.2) is 23.2 Å². The number of halogens is 3. The maximum absolute atomic E-state index is 13.5. The first-order valence-corrected chi connectivity index (χ1v) is 8.64. The quantitative estimate of drug-likeness (QED) is 0.534. The Morgan fingerprint density at radius 1 is 0.857 bits per heavy atom. The lowest BCUT2D eigenvalue weighted by molar-refractivity contribution is -0.124. The fraction of sp³-hybridized carbons (Fsp3) is 0.250. The number of nitrogens with one attached hydrogen (secondary N) is 2. The number of ketones is 1. The van der Waals surface area contributed by atoms with Crippen LogP contribution in [0.25, 0.3) is 0 Å². The lowest BCUT2D eigenvalue weighted by atomic mass is 10.0. The van der Waals surface area contributed by atoms with Gasteiger partial charge in [-0.3, -0.25) is 14.4 Å². The van der Waals surface area contributed by atoms with E-state index >= 15 is 0 Å². The van der Waals surface area contributed by atoms with Gasteiger partial charge in [-0.05, 0) is 24.1 Å². The molecule has 2 N–H and O–H groups in total. The number of Topliss-reactive ketones (excluding diaryl/α,β-unsaturated/α-hetero) is 1. The van der Waals surface area contributed by atoms with Crippen LogP contribution in [0.3, 0.4) is 0 Å². The van der Waals surface area contributed by atoms with E-state index in [1.54, 1.807) is 12.1 Å². The van der Waals surface area contributed by atoms with E-state index in [1.165, 1.54) is 0 Å². The fourth-order valence-corrected chi connectivity index (χ4v) is 2.38. The zero-order chi connectivity index (χ0) is 20.7. The Kier molecular flexibility index (Phi) is 7.31. The van der Waals surface area contributed by atoms with Crippen LogP contribution in [0.1, 0.15) is 35.7 Å². The third-order valence-corrected chi connectivity index (χ3v) is 4.02. The van der Waals surface area contributed by atoms with E-state index in [-0.39, 0.29) is 18.6 Å². The van der Waals surface area contributed by atoms with E-state index in [4.69, 9.17) is 0 Å². The molecule has 2 amide bonds. The lowest BCUT2D eigenvalue weighted by Crippen LogP contribution is -2.33. The number of benzene rings is 2. The average molecular weight is 392 g/mol. The minimum absolute atomic E-state index is 0.0310. The second-order valence-electron chi connectivity index (χ2n) is 6.02. The second kappa shape index (κ2) is 9.68. The largest absolute Gasteiger partial charge is 0.347 e.